The summed E-state index contributed by atoms with van der Waals surface area (Å²) in [6.07, 6.45) is 16.3. The zero-order valence-corrected chi connectivity index (χ0v) is 16.5. The van der Waals surface area contributed by atoms with E-state index in [1.165, 1.54) is 50.5 Å². The molecule has 0 fully saturated rings. The van der Waals surface area contributed by atoms with Crippen LogP contribution >= 0.6 is 0 Å². The molecule has 1 atom stereocenters. The molecule has 1 unspecified atom stereocenters. The van der Waals surface area contributed by atoms with Crippen molar-refractivity contribution in [3.8, 4) is 0 Å². The first-order chi connectivity index (χ1) is 13.3. The van der Waals surface area contributed by atoms with Crippen LogP contribution in [0.4, 0.5) is 0 Å². The van der Waals surface area contributed by atoms with Crippen LogP contribution in [0.1, 0.15) is 56.1 Å². The van der Waals surface area contributed by atoms with E-state index in [1.807, 2.05) is 30.3 Å². The second kappa shape index (κ2) is 10.8. The zero-order valence-electron chi connectivity index (χ0n) is 16.5. The molecular weight excluding hydrogens is 334 g/mol. The molecule has 1 aromatic heterocycles. The average Bonchev–Trinajstić information content (AvgIpc) is 2.72. The van der Waals surface area contributed by atoms with Crippen molar-refractivity contribution in [2.24, 2.45) is 7.05 Å². The first-order valence-corrected chi connectivity index (χ1v) is 10.3. The van der Waals surface area contributed by atoms with Crippen molar-refractivity contribution in [1.29, 1.82) is 0 Å². The second-order valence-corrected chi connectivity index (χ2v) is 7.45. The minimum Gasteiger partial charge on any atom is -0.491 e. The van der Waals surface area contributed by atoms with Gasteiger partial charge in [-0.05, 0) is 31.2 Å². The van der Waals surface area contributed by atoms with Crippen LogP contribution in [-0.2, 0) is 22.9 Å². The highest BCUT2D eigenvalue weighted by Gasteiger charge is 2.17. The van der Waals surface area contributed by atoms with Gasteiger partial charge in [-0.1, -0.05) is 56.0 Å². The van der Waals surface area contributed by atoms with Gasteiger partial charge in [-0.3, -0.25) is 0 Å². The summed E-state index contributed by atoms with van der Waals surface area (Å²) in [5.41, 5.74) is 2.53. The van der Waals surface area contributed by atoms with E-state index < -0.39 is 0 Å². The molecule has 1 aliphatic rings. The molecular formula is C24H32NO2+. The first-order valence-electron chi connectivity index (χ1n) is 10.3. The number of unbranched alkanes of at least 4 members (excludes halogenated alkanes) is 5. The van der Waals surface area contributed by atoms with E-state index in [-0.39, 0.29) is 6.10 Å². The molecule has 0 N–H and O–H groups in total. The Morgan fingerprint density at radius 3 is 2.30 bits per heavy atom. The Balaban J connectivity index is 1.21. The quantitative estimate of drug-likeness (QED) is 0.426. The normalized spacial score (nSPS) is 16.3. The fraction of sp³-hybridized carbons (Fsp3) is 0.458. The standard InChI is InChI=1S/C24H32NO2/c1-25-17-15-21(16-18-25)11-7-4-2-3-5-10-14-23-19-27-24(20-26-23)22-12-8-6-9-13-22/h6,8-9,12-13,15-18,20,23H,2-5,7,10-11,14,19H2,1H3/q+1. The zero-order chi connectivity index (χ0) is 18.7. The largest absolute Gasteiger partial charge is 0.491 e. The van der Waals surface area contributed by atoms with Gasteiger partial charge < -0.3 is 9.47 Å². The molecule has 3 heteroatoms. The van der Waals surface area contributed by atoms with Crippen LogP contribution < -0.4 is 4.57 Å². The molecule has 144 valence electrons. The molecule has 0 aliphatic carbocycles. The third-order valence-corrected chi connectivity index (χ3v) is 5.14. The van der Waals surface area contributed by atoms with Crippen molar-refractivity contribution in [2.75, 3.05) is 6.61 Å². The van der Waals surface area contributed by atoms with E-state index in [2.05, 4.69) is 36.1 Å². The van der Waals surface area contributed by atoms with Gasteiger partial charge in [0.2, 0.25) is 0 Å². The Morgan fingerprint density at radius 2 is 1.59 bits per heavy atom. The lowest BCUT2D eigenvalue weighted by Gasteiger charge is -2.24. The van der Waals surface area contributed by atoms with Crippen LogP contribution in [0.3, 0.4) is 0 Å². The molecule has 1 aromatic carbocycles. The lowest BCUT2D eigenvalue weighted by atomic mass is 10.0. The van der Waals surface area contributed by atoms with Gasteiger partial charge in [0.25, 0.3) is 0 Å². The van der Waals surface area contributed by atoms with Gasteiger partial charge >= 0.3 is 0 Å². The van der Waals surface area contributed by atoms with E-state index in [0.717, 1.165) is 17.7 Å². The Labute approximate surface area is 163 Å². The lowest BCUT2D eigenvalue weighted by molar-refractivity contribution is -0.671. The SMILES string of the molecule is C[n+]1ccc(CCCCCCCCC2COC(c3ccccc3)=CO2)cc1. The summed E-state index contributed by atoms with van der Waals surface area (Å²) in [4.78, 5) is 0. The number of nitrogens with zero attached hydrogens (tertiary/aromatic N) is 1. The fourth-order valence-electron chi connectivity index (χ4n) is 3.43. The number of pyridine rings is 1. The Kier molecular flexibility index (Phi) is 7.76. The predicted octanol–water partition coefficient (Wildman–Crippen LogP) is 5.20. The van der Waals surface area contributed by atoms with Gasteiger partial charge in [0.15, 0.2) is 18.2 Å². The predicted molar refractivity (Wildman–Crippen MR) is 109 cm³/mol. The highest BCUT2D eigenvalue weighted by atomic mass is 16.6. The summed E-state index contributed by atoms with van der Waals surface area (Å²) in [6, 6.07) is 14.6. The highest BCUT2D eigenvalue weighted by Crippen LogP contribution is 2.22. The summed E-state index contributed by atoms with van der Waals surface area (Å²) < 4.78 is 13.8. The average molecular weight is 367 g/mol. The third-order valence-electron chi connectivity index (χ3n) is 5.14. The van der Waals surface area contributed by atoms with Gasteiger partial charge in [0.1, 0.15) is 26.0 Å². The number of ether oxygens (including phenoxy) is 2. The van der Waals surface area contributed by atoms with Crippen molar-refractivity contribution >= 4 is 5.76 Å². The highest BCUT2D eigenvalue weighted by molar-refractivity contribution is 5.58. The number of hydrogen-bond acceptors (Lipinski definition) is 2. The number of aryl methyl sites for hydroxylation is 2. The molecule has 2 aromatic rings. The number of hydrogen-bond donors (Lipinski definition) is 0. The Morgan fingerprint density at radius 1 is 0.889 bits per heavy atom. The van der Waals surface area contributed by atoms with E-state index in [0.29, 0.717) is 6.61 Å². The lowest BCUT2D eigenvalue weighted by Crippen LogP contribution is -2.25. The molecule has 1 aliphatic heterocycles. The molecule has 2 heterocycles. The molecule has 0 spiro atoms. The number of aromatic nitrogens is 1. The van der Waals surface area contributed by atoms with Crippen LogP contribution in [0, 0.1) is 0 Å². The summed E-state index contributed by atoms with van der Waals surface area (Å²) in [6.45, 7) is 0.662. The summed E-state index contributed by atoms with van der Waals surface area (Å²) in [7, 11) is 2.06. The van der Waals surface area contributed by atoms with Gasteiger partial charge in [-0.15, -0.1) is 0 Å². The molecule has 3 nitrogen and oxygen atoms in total. The minimum atomic E-state index is 0.205. The smallest absolute Gasteiger partial charge is 0.168 e. The minimum absolute atomic E-state index is 0.205. The third kappa shape index (κ3) is 6.74. The molecule has 0 bridgehead atoms. The molecule has 0 saturated carbocycles. The molecule has 0 radical (unpaired) electrons. The number of rotatable bonds is 10. The maximum absolute atomic E-state index is 5.87. The number of benzene rings is 1. The summed E-state index contributed by atoms with van der Waals surface area (Å²) in [5.74, 6) is 0.846. The fourth-order valence-corrected chi connectivity index (χ4v) is 3.43. The molecule has 0 amide bonds. The summed E-state index contributed by atoms with van der Waals surface area (Å²) >= 11 is 0. The monoisotopic (exact) mass is 366 g/mol. The molecule has 3 rings (SSSR count). The van der Waals surface area contributed by atoms with E-state index in [4.69, 9.17) is 9.47 Å². The van der Waals surface area contributed by atoms with E-state index >= 15 is 0 Å². The van der Waals surface area contributed by atoms with Crippen LogP contribution in [0.15, 0.2) is 61.1 Å². The van der Waals surface area contributed by atoms with Gasteiger partial charge in [0, 0.05) is 17.7 Å². The summed E-state index contributed by atoms with van der Waals surface area (Å²) in [5, 5.41) is 0. The van der Waals surface area contributed by atoms with Crippen LogP contribution in [0.2, 0.25) is 0 Å². The Hall–Kier alpha value is -2.29. The van der Waals surface area contributed by atoms with Crippen LogP contribution in [0.5, 0.6) is 0 Å². The van der Waals surface area contributed by atoms with Gasteiger partial charge in [-0.2, -0.15) is 0 Å². The molecule has 27 heavy (non-hydrogen) atoms. The maximum atomic E-state index is 5.87. The Bertz CT molecular complexity index is 694. The van der Waals surface area contributed by atoms with E-state index in [1.54, 1.807) is 6.26 Å². The van der Waals surface area contributed by atoms with Gasteiger partial charge in [0.05, 0.1) is 0 Å². The second-order valence-electron chi connectivity index (χ2n) is 7.45. The van der Waals surface area contributed by atoms with Crippen molar-refractivity contribution < 1.29 is 14.0 Å². The van der Waals surface area contributed by atoms with Gasteiger partial charge in [-0.25, -0.2) is 4.57 Å². The first kappa shape index (κ1) is 19.5. The topological polar surface area (TPSA) is 22.3 Å². The van der Waals surface area contributed by atoms with Crippen molar-refractivity contribution in [1.82, 2.24) is 0 Å². The van der Waals surface area contributed by atoms with Crippen molar-refractivity contribution in [3.63, 3.8) is 0 Å². The van der Waals surface area contributed by atoms with Crippen molar-refractivity contribution in [2.45, 2.75) is 57.5 Å². The van der Waals surface area contributed by atoms with Crippen molar-refractivity contribution in [3.05, 3.63) is 72.2 Å². The molecule has 0 saturated heterocycles. The van der Waals surface area contributed by atoms with E-state index in [9.17, 15) is 0 Å². The maximum Gasteiger partial charge on any atom is 0.168 e. The van der Waals surface area contributed by atoms with Crippen LogP contribution in [0.25, 0.3) is 5.76 Å². The van der Waals surface area contributed by atoms with Crippen LogP contribution in [-0.4, -0.2) is 12.7 Å².